The molecule has 1 atom stereocenters. The van der Waals surface area contributed by atoms with Crippen LogP contribution in [-0.4, -0.2) is 6.61 Å². The monoisotopic (exact) mass is 289 g/mol. The number of benzene rings is 1. The van der Waals surface area contributed by atoms with Gasteiger partial charge in [0.2, 0.25) is 0 Å². The van der Waals surface area contributed by atoms with Gasteiger partial charge in [-0.05, 0) is 45.4 Å². The summed E-state index contributed by atoms with van der Waals surface area (Å²) in [5, 5.41) is 3.59. The first-order chi connectivity index (χ1) is 9.61. The van der Waals surface area contributed by atoms with Crippen molar-refractivity contribution in [3.63, 3.8) is 0 Å². The van der Waals surface area contributed by atoms with Gasteiger partial charge in [-0.25, -0.2) is 0 Å². The van der Waals surface area contributed by atoms with E-state index in [-0.39, 0.29) is 0 Å². The Morgan fingerprint density at radius 1 is 1.25 bits per heavy atom. The zero-order valence-corrected chi connectivity index (χ0v) is 13.5. The molecule has 1 unspecified atom stereocenters. The number of nitrogens with one attached hydrogen (secondary N) is 1. The Labute approximate surface area is 125 Å². The van der Waals surface area contributed by atoms with Crippen LogP contribution in [0.4, 0.5) is 0 Å². The third-order valence-corrected chi connectivity index (χ3v) is 4.40. The van der Waals surface area contributed by atoms with E-state index in [0.29, 0.717) is 12.6 Å². The molecule has 0 amide bonds. The summed E-state index contributed by atoms with van der Waals surface area (Å²) < 4.78 is 5.66. The minimum atomic E-state index is 0.356. The van der Waals surface area contributed by atoms with E-state index in [1.165, 1.54) is 20.9 Å². The smallest absolute Gasteiger partial charge is 0.123 e. The van der Waals surface area contributed by atoms with Crippen molar-refractivity contribution in [2.45, 2.75) is 40.3 Å². The molecule has 0 aliphatic carbocycles. The summed E-state index contributed by atoms with van der Waals surface area (Å²) >= 11 is 1.87. The van der Waals surface area contributed by atoms with E-state index in [1.54, 1.807) is 0 Å². The van der Waals surface area contributed by atoms with Crippen LogP contribution in [-0.2, 0) is 6.54 Å². The van der Waals surface area contributed by atoms with Crippen molar-refractivity contribution in [2.75, 3.05) is 6.61 Å². The zero-order chi connectivity index (χ0) is 14.5. The fourth-order valence-corrected chi connectivity index (χ4v) is 3.42. The maximum atomic E-state index is 5.66. The van der Waals surface area contributed by atoms with Crippen molar-refractivity contribution < 1.29 is 4.74 Å². The standard InChI is InChI=1S/C17H23NOS/c1-5-19-17-9-7-6-8-15(17)11-18-13(3)16-10-12(2)20-14(16)4/h6-10,13,18H,5,11H2,1-4H3. The first-order valence-corrected chi connectivity index (χ1v) is 7.94. The number of para-hydroxylation sites is 1. The van der Waals surface area contributed by atoms with Crippen molar-refractivity contribution in [2.24, 2.45) is 0 Å². The van der Waals surface area contributed by atoms with Crippen LogP contribution in [0.5, 0.6) is 5.75 Å². The van der Waals surface area contributed by atoms with Crippen LogP contribution in [0.15, 0.2) is 30.3 Å². The van der Waals surface area contributed by atoms with Gasteiger partial charge in [-0.15, -0.1) is 11.3 Å². The summed E-state index contributed by atoms with van der Waals surface area (Å²) in [6, 6.07) is 10.9. The predicted octanol–water partition coefficient (Wildman–Crippen LogP) is 4.61. The fourth-order valence-electron chi connectivity index (χ4n) is 2.40. The molecule has 3 heteroatoms. The quantitative estimate of drug-likeness (QED) is 0.838. The van der Waals surface area contributed by atoms with E-state index >= 15 is 0 Å². The molecule has 0 bridgehead atoms. The molecule has 0 saturated carbocycles. The molecule has 2 nitrogen and oxygen atoms in total. The van der Waals surface area contributed by atoms with E-state index in [0.717, 1.165) is 12.3 Å². The molecule has 108 valence electrons. The van der Waals surface area contributed by atoms with Crippen LogP contribution < -0.4 is 10.1 Å². The zero-order valence-electron chi connectivity index (χ0n) is 12.7. The highest BCUT2D eigenvalue weighted by molar-refractivity contribution is 7.12. The van der Waals surface area contributed by atoms with Gasteiger partial charge in [0.15, 0.2) is 0 Å². The highest BCUT2D eigenvalue weighted by Crippen LogP contribution is 2.27. The Morgan fingerprint density at radius 2 is 2.00 bits per heavy atom. The molecular formula is C17H23NOS. The number of rotatable bonds is 6. The lowest BCUT2D eigenvalue weighted by molar-refractivity contribution is 0.335. The summed E-state index contributed by atoms with van der Waals surface area (Å²) in [5.41, 5.74) is 2.62. The highest BCUT2D eigenvalue weighted by Gasteiger charge is 2.11. The minimum absolute atomic E-state index is 0.356. The van der Waals surface area contributed by atoms with Crippen LogP contribution in [0.3, 0.4) is 0 Å². The van der Waals surface area contributed by atoms with Gasteiger partial charge in [-0.1, -0.05) is 18.2 Å². The van der Waals surface area contributed by atoms with Gasteiger partial charge >= 0.3 is 0 Å². The first-order valence-electron chi connectivity index (χ1n) is 7.12. The number of ether oxygens (including phenoxy) is 1. The topological polar surface area (TPSA) is 21.3 Å². The van der Waals surface area contributed by atoms with Crippen molar-refractivity contribution >= 4 is 11.3 Å². The van der Waals surface area contributed by atoms with Crippen molar-refractivity contribution in [3.8, 4) is 5.75 Å². The van der Waals surface area contributed by atoms with Crippen molar-refractivity contribution in [3.05, 3.63) is 51.2 Å². The van der Waals surface area contributed by atoms with E-state index in [1.807, 2.05) is 30.4 Å². The maximum Gasteiger partial charge on any atom is 0.123 e. The van der Waals surface area contributed by atoms with Gasteiger partial charge in [0.05, 0.1) is 6.61 Å². The molecule has 1 aromatic carbocycles. The molecular weight excluding hydrogens is 266 g/mol. The fraction of sp³-hybridized carbons (Fsp3) is 0.412. The Balaban J connectivity index is 2.03. The number of aryl methyl sites for hydroxylation is 2. The Morgan fingerprint density at radius 3 is 2.65 bits per heavy atom. The van der Waals surface area contributed by atoms with E-state index in [4.69, 9.17) is 4.74 Å². The van der Waals surface area contributed by atoms with Gasteiger partial charge in [-0.3, -0.25) is 0 Å². The lowest BCUT2D eigenvalue weighted by atomic mass is 10.1. The van der Waals surface area contributed by atoms with Crippen LogP contribution in [0.1, 0.15) is 40.8 Å². The average Bonchev–Trinajstić information content (AvgIpc) is 2.77. The summed E-state index contributed by atoms with van der Waals surface area (Å²) in [4.78, 5) is 2.78. The van der Waals surface area contributed by atoms with Gasteiger partial charge in [0.25, 0.3) is 0 Å². The Kier molecular flexibility index (Phi) is 5.21. The van der Waals surface area contributed by atoms with E-state index in [9.17, 15) is 0 Å². The third kappa shape index (κ3) is 3.62. The van der Waals surface area contributed by atoms with Crippen molar-refractivity contribution in [1.29, 1.82) is 0 Å². The van der Waals surface area contributed by atoms with Gasteiger partial charge in [0.1, 0.15) is 5.75 Å². The predicted molar refractivity (Wildman–Crippen MR) is 86.7 cm³/mol. The molecule has 0 aliphatic heterocycles. The lowest BCUT2D eigenvalue weighted by Gasteiger charge is -2.16. The van der Waals surface area contributed by atoms with Crippen molar-refractivity contribution in [1.82, 2.24) is 5.32 Å². The molecule has 0 fully saturated rings. The molecule has 0 saturated heterocycles. The summed E-state index contributed by atoms with van der Waals surface area (Å²) in [7, 11) is 0. The largest absolute Gasteiger partial charge is 0.494 e. The SMILES string of the molecule is CCOc1ccccc1CNC(C)c1cc(C)sc1C. The number of hydrogen-bond donors (Lipinski definition) is 1. The second kappa shape index (κ2) is 6.91. The summed E-state index contributed by atoms with van der Waals surface area (Å²) in [5.74, 6) is 0.980. The molecule has 0 spiro atoms. The molecule has 1 N–H and O–H groups in total. The average molecular weight is 289 g/mol. The van der Waals surface area contributed by atoms with E-state index < -0.39 is 0 Å². The summed E-state index contributed by atoms with van der Waals surface area (Å²) in [6.07, 6.45) is 0. The van der Waals surface area contributed by atoms with Gasteiger partial charge < -0.3 is 10.1 Å². The minimum Gasteiger partial charge on any atom is -0.494 e. The molecule has 0 aliphatic rings. The second-order valence-corrected chi connectivity index (χ2v) is 6.47. The van der Waals surface area contributed by atoms with Crippen LogP contribution >= 0.6 is 11.3 Å². The normalized spacial score (nSPS) is 12.4. The summed E-state index contributed by atoms with van der Waals surface area (Å²) in [6.45, 7) is 10.1. The number of hydrogen-bond acceptors (Lipinski definition) is 3. The highest BCUT2D eigenvalue weighted by atomic mass is 32.1. The van der Waals surface area contributed by atoms with Gasteiger partial charge in [0, 0.05) is 27.9 Å². The molecule has 2 aromatic rings. The van der Waals surface area contributed by atoms with Crippen LogP contribution in [0, 0.1) is 13.8 Å². The second-order valence-electron chi connectivity index (χ2n) is 5.01. The maximum absolute atomic E-state index is 5.66. The molecule has 1 heterocycles. The molecule has 20 heavy (non-hydrogen) atoms. The molecule has 1 aromatic heterocycles. The first kappa shape index (κ1) is 15.1. The number of thiophene rings is 1. The van der Waals surface area contributed by atoms with E-state index in [2.05, 4.69) is 44.3 Å². The van der Waals surface area contributed by atoms with Crippen LogP contribution in [0.2, 0.25) is 0 Å². The van der Waals surface area contributed by atoms with Gasteiger partial charge in [-0.2, -0.15) is 0 Å². The molecule has 2 rings (SSSR count). The Bertz CT molecular complexity index is 562. The Hall–Kier alpha value is -1.32. The molecule has 0 radical (unpaired) electrons. The van der Waals surface area contributed by atoms with Crippen LogP contribution in [0.25, 0.3) is 0 Å². The third-order valence-electron chi connectivity index (χ3n) is 3.42. The lowest BCUT2D eigenvalue weighted by Crippen LogP contribution is -2.18.